The molecular weight excluding hydrogens is 328 g/mol. The summed E-state index contributed by atoms with van der Waals surface area (Å²) in [6.45, 7) is 0. The molecule has 0 aliphatic heterocycles. The highest BCUT2D eigenvalue weighted by Crippen LogP contribution is 2.22. The van der Waals surface area contributed by atoms with Crippen molar-refractivity contribution in [3.05, 3.63) is 63.9 Å². The second kappa shape index (κ2) is 6.50. The lowest BCUT2D eigenvalue weighted by molar-refractivity contribution is -0.111. The summed E-state index contributed by atoms with van der Waals surface area (Å²) in [5, 5.41) is 3.06. The summed E-state index contributed by atoms with van der Waals surface area (Å²) in [6, 6.07) is 11.3. The minimum atomic E-state index is -0.222. The molecule has 0 atom stereocenters. The molecule has 0 spiro atoms. The molecule has 96 valence electrons. The standard InChI is InChI=1S/C14H10BrClN2O/c15-12-8-11(9-17-14(12)16)18-13(19)7-6-10-4-2-1-3-5-10/h1-9H,(H,18,19)/b7-6+. The quantitative estimate of drug-likeness (QED) is 0.675. The average Bonchev–Trinajstić information content (AvgIpc) is 2.42. The van der Waals surface area contributed by atoms with Crippen LogP contribution in [-0.4, -0.2) is 10.9 Å². The van der Waals surface area contributed by atoms with E-state index in [0.29, 0.717) is 15.3 Å². The van der Waals surface area contributed by atoms with Crippen LogP contribution in [0.4, 0.5) is 5.69 Å². The van der Waals surface area contributed by atoms with Gasteiger partial charge in [-0.25, -0.2) is 4.98 Å². The fourth-order valence-corrected chi connectivity index (χ4v) is 1.86. The highest BCUT2D eigenvalue weighted by molar-refractivity contribution is 9.10. The van der Waals surface area contributed by atoms with E-state index in [1.165, 1.54) is 12.3 Å². The molecule has 0 saturated carbocycles. The first kappa shape index (κ1) is 13.8. The van der Waals surface area contributed by atoms with Crippen molar-refractivity contribution in [3.63, 3.8) is 0 Å². The Labute approximate surface area is 124 Å². The van der Waals surface area contributed by atoms with Crippen LogP contribution in [0, 0.1) is 0 Å². The van der Waals surface area contributed by atoms with Gasteiger partial charge in [0.15, 0.2) is 0 Å². The van der Waals surface area contributed by atoms with Crippen LogP contribution in [0.5, 0.6) is 0 Å². The van der Waals surface area contributed by atoms with Gasteiger partial charge in [-0.05, 0) is 33.6 Å². The average molecular weight is 338 g/mol. The third-order valence-electron chi connectivity index (χ3n) is 2.29. The van der Waals surface area contributed by atoms with E-state index in [1.54, 1.807) is 12.1 Å². The first-order chi connectivity index (χ1) is 9.15. The number of hydrogen-bond donors (Lipinski definition) is 1. The maximum Gasteiger partial charge on any atom is 0.248 e. The minimum absolute atomic E-state index is 0.222. The Morgan fingerprint density at radius 3 is 2.74 bits per heavy atom. The van der Waals surface area contributed by atoms with Crippen LogP contribution in [0.2, 0.25) is 5.15 Å². The summed E-state index contributed by atoms with van der Waals surface area (Å²) in [7, 11) is 0. The lowest BCUT2D eigenvalue weighted by atomic mass is 10.2. The summed E-state index contributed by atoms with van der Waals surface area (Å²) in [4.78, 5) is 15.6. The van der Waals surface area contributed by atoms with Gasteiger partial charge in [-0.2, -0.15) is 0 Å². The topological polar surface area (TPSA) is 42.0 Å². The number of halogens is 2. The number of pyridine rings is 1. The zero-order chi connectivity index (χ0) is 13.7. The fraction of sp³-hybridized carbons (Fsp3) is 0. The predicted molar refractivity (Wildman–Crippen MR) is 81.1 cm³/mol. The number of nitrogens with zero attached hydrogens (tertiary/aromatic N) is 1. The number of carbonyl (C=O) groups excluding carboxylic acids is 1. The van der Waals surface area contributed by atoms with Crippen molar-refractivity contribution in [2.75, 3.05) is 5.32 Å². The zero-order valence-corrected chi connectivity index (χ0v) is 12.1. The maximum atomic E-state index is 11.7. The molecule has 0 unspecified atom stereocenters. The van der Waals surface area contributed by atoms with E-state index in [-0.39, 0.29) is 5.91 Å². The Morgan fingerprint density at radius 2 is 2.05 bits per heavy atom. The molecule has 1 amide bonds. The molecule has 2 rings (SSSR count). The SMILES string of the molecule is O=C(/C=C/c1ccccc1)Nc1cnc(Cl)c(Br)c1. The Balaban J connectivity index is 2.01. The second-order valence-corrected chi connectivity index (χ2v) is 4.94. The largest absolute Gasteiger partial charge is 0.321 e. The number of anilines is 1. The van der Waals surface area contributed by atoms with Crippen molar-refractivity contribution < 1.29 is 4.79 Å². The van der Waals surface area contributed by atoms with E-state index in [1.807, 2.05) is 30.3 Å². The first-order valence-electron chi connectivity index (χ1n) is 5.50. The molecule has 0 fully saturated rings. The van der Waals surface area contributed by atoms with Crippen LogP contribution in [0.3, 0.4) is 0 Å². The van der Waals surface area contributed by atoms with E-state index < -0.39 is 0 Å². The highest BCUT2D eigenvalue weighted by Gasteiger charge is 2.02. The van der Waals surface area contributed by atoms with E-state index >= 15 is 0 Å². The van der Waals surface area contributed by atoms with Crippen LogP contribution >= 0.6 is 27.5 Å². The van der Waals surface area contributed by atoms with Gasteiger partial charge in [0.2, 0.25) is 5.91 Å². The van der Waals surface area contributed by atoms with E-state index in [2.05, 4.69) is 26.2 Å². The molecule has 1 N–H and O–H groups in total. The van der Waals surface area contributed by atoms with E-state index in [0.717, 1.165) is 5.56 Å². The van der Waals surface area contributed by atoms with Crippen molar-refractivity contribution in [2.24, 2.45) is 0 Å². The van der Waals surface area contributed by atoms with Crippen molar-refractivity contribution in [1.29, 1.82) is 0 Å². The van der Waals surface area contributed by atoms with Gasteiger partial charge in [-0.1, -0.05) is 41.9 Å². The normalized spacial score (nSPS) is 10.6. The zero-order valence-electron chi connectivity index (χ0n) is 9.81. The number of benzene rings is 1. The molecule has 1 heterocycles. The van der Waals surface area contributed by atoms with E-state index in [4.69, 9.17) is 11.6 Å². The number of carbonyl (C=O) groups is 1. The minimum Gasteiger partial charge on any atom is -0.321 e. The van der Waals surface area contributed by atoms with Crippen molar-refractivity contribution >= 4 is 45.2 Å². The number of nitrogens with one attached hydrogen (secondary N) is 1. The van der Waals surface area contributed by atoms with Gasteiger partial charge < -0.3 is 5.32 Å². The van der Waals surface area contributed by atoms with Crippen LogP contribution in [0.25, 0.3) is 6.08 Å². The number of hydrogen-bond acceptors (Lipinski definition) is 2. The molecule has 1 aromatic carbocycles. The molecular formula is C14H10BrClN2O. The van der Waals surface area contributed by atoms with Crippen LogP contribution < -0.4 is 5.32 Å². The molecule has 2 aromatic rings. The summed E-state index contributed by atoms with van der Waals surface area (Å²) >= 11 is 9.02. The van der Waals surface area contributed by atoms with Gasteiger partial charge >= 0.3 is 0 Å². The van der Waals surface area contributed by atoms with Gasteiger partial charge in [0.25, 0.3) is 0 Å². The van der Waals surface area contributed by atoms with Crippen molar-refractivity contribution in [1.82, 2.24) is 4.98 Å². The number of rotatable bonds is 3. The molecule has 0 aliphatic rings. The molecule has 0 saturated heterocycles. The third-order valence-corrected chi connectivity index (χ3v) is 3.42. The van der Waals surface area contributed by atoms with Gasteiger partial charge in [0, 0.05) is 6.08 Å². The summed E-state index contributed by atoms with van der Waals surface area (Å²) in [5.74, 6) is -0.222. The first-order valence-corrected chi connectivity index (χ1v) is 6.67. The molecule has 0 radical (unpaired) electrons. The maximum absolute atomic E-state index is 11.7. The molecule has 0 bridgehead atoms. The van der Waals surface area contributed by atoms with Gasteiger partial charge in [-0.3, -0.25) is 4.79 Å². The fourth-order valence-electron chi connectivity index (χ4n) is 1.41. The lowest BCUT2D eigenvalue weighted by Crippen LogP contribution is -2.07. The summed E-state index contributed by atoms with van der Waals surface area (Å²) in [6.07, 6.45) is 4.72. The Morgan fingerprint density at radius 1 is 1.32 bits per heavy atom. The van der Waals surface area contributed by atoms with Gasteiger partial charge in [0.1, 0.15) is 5.15 Å². The smallest absolute Gasteiger partial charge is 0.248 e. The van der Waals surface area contributed by atoms with Crippen LogP contribution in [0.1, 0.15) is 5.56 Å². The van der Waals surface area contributed by atoms with Crippen molar-refractivity contribution in [3.8, 4) is 0 Å². The van der Waals surface area contributed by atoms with Crippen LogP contribution in [0.15, 0.2) is 53.1 Å². The number of aromatic nitrogens is 1. The number of amides is 1. The Kier molecular flexibility index (Phi) is 4.71. The van der Waals surface area contributed by atoms with E-state index in [9.17, 15) is 4.79 Å². The van der Waals surface area contributed by atoms with Crippen LogP contribution in [-0.2, 0) is 4.79 Å². The summed E-state index contributed by atoms with van der Waals surface area (Å²) < 4.78 is 0.638. The second-order valence-electron chi connectivity index (χ2n) is 3.73. The summed E-state index contributed by atoms with van der Waals surface area (Å²) in [5.41, 5.74) is 1.55. The van der Waals surface area contributed by atoms with Gasteiger partial charge in [-0.15, -0.1) is 0 Å². The predicted octanol–water partition coefficient (Wildman–Crippen LogP) is 4.15. The monoisotopic (exact) mass is 336 g/mol. The molecule has 5 heteroatoms. The molecule has 19 heavy (non-hydrogen) atoms. The molecule has 0 aliphatic carbocycles. The molecule has 1 aromatic heterocycles. The Bertz CT molecular complexity index is 614. The van der Waals surface area contributed by atoms with Gasteiger partial charge in [0.05, 0.1) is 16.4 Å². The highest BCUT2D eigenvalue weighted by atomic mass is 79.9. The lowest BCUT2D eigenvalue weighted by Gasteiger charge is -2.02. The molecule has 3 nitrogen and oxygen atoms in total. The van der Waals surface area contributed by atoms with Crippen molar-refractivity contribution in [2.45, 2.75) is 0 Å². The third kappa shape index (κ3) is 4.19. The Hall–Kier alpha value is -1.65.